The van der Waals surface area contributed by atoms with Gasteiger partial charge in [-0.2, -0.15) is 15.0 Å². The maximum Gasteiger partial charge on any atom is 0.226 e. The third-order valence-corrected chi connectivity index (χ3v) is 0.687. The average Bonchev–Trinajstić information content (AvgIpc) is 1.59. The molecule has 0 amide bonds. The van der Waals surface area contributed by atoms with E-state index in [2.05, 4.69) is 15.0 Å². The van der Waals surface area contributed by atoms with Crippen molar-refractivity contribution in [3.63, 3.8) is 0 Å². The monoisotopic (exact) mass is 190 g/mol. The van der Waals surface area contributed by atoms with E-state index in [-0.39, 0.29) is 78.6 Å². The van der Waals surface area contributed by atoms with E-state index in [1.54, 1.807) is 0 Å². The molecule has 52 valence electrons. The molecule has 11 heavy (non-hydrogen) atoms. The van der Waals surface area contributed by atoms with Crippen molar-refractivity contribution >= 4 is 78.6 Å². The van der Waals surface area contributed by atoms with Gasteiger partial charge < -0.3 is 17.2 Å². The van der Waals surface area contributed by atoms with Crippen molar-refractivity contribution in [1.29, 1.82) is 0 Å². The van der Waals surface area contributed by atoms with Gasteiger partial charge in [0.05, 0.1) is 0 Å². The molecule has 1 heterocycles. The van der Waals surface area contributed by atoms with Crippen molar-refractivity contribution in [1.82, 2.24) is 15.0 Å². The molecule has 0 atom stereocenters. The van der Waals surface area contributed by atoms with Gasteiger partial charge in [-0.25, -0.2) is 0 Å². The third-order valence-electron chi connectivity index (χ3n) is 0.687. The van der Waals surface area contributed by atoms with Gasteiger partial charge in [0.2, 0.25) is 17.8 Å². The first-order valence-electron chi connectivity index (χ1n) is 2.21. The quantitative estimate of drug-likeness (QED) is 0.402. The molecule has 6 N–H and O–H groups in total. The van der Waals surface area contributed by atoms with Gasteiger partial charge in [-0.3, -0.25) is 0 Å². The number of nitrogen functional groups attached to an aromatic ring is 3. The van der Waals surface area contributed by atoms with Crippen LogP contribution < -0.4 is 17.2 Å². The van der Waals surface area contributed by atoms with Crippen LogP contribution in [-0.4, -0.2) is 75.7 Å². The summed E-state index contributed by atoms with van der Waals surface area (Å²) in [5.74, 6) is 0.125. The maximum atomic E-state index is 5.14. The molecule has 0 saturated heterocycles. The van der Waals surface area contributed by atoms with Gasteiger partial charge in [-0.05, 0) is 0 Å². The second kappa shape index (κ2) is 6.01. The Morgan fingerprint density at radius 2 is 0.909 bits per heavy atom. The van der Waals surface area contributed by atoms with E-state index in [1.165, 1.54) is 0 Å². The molecule has 1 aromatic heterocycles. The zero-order chi connectivity index (χ0) is 6.85. The number of nitrogens with two attached hydrogens (primary N) is 3. The first kappa shape index (κ1) is 14.0. The summed E-state index contributed by atoms with van der Waals surface area (Å²) in [7, 11) is 0. The largest absolute Gasteiger partial charge is 0.368 e. The van der Waals surface area contributed by atoms with Crippen molar-refractivity contribution in [2.75, 3.05) is 17.2 Å². The summed E-state index contributed by atoms with van der Waals surface area (Å²) in [6, 6.07) is 0. The summed E-state index contributed by atoms with van der Waals surface area (Å²) in [5.41, 5.74) is 15.4. The normalized spacial score (nSPS) is 7.64. The van der Waals surface area contributed by atoms with Crippen LogP contribution in [0.15, 0.2) is 0 Å². The third kappa shape index (κ3) is 4.80. The number of nitrogens with zero attached hydrogens (tertiary/aromatic N) is 3. The van der Waals surface area contributed by atoms with Crippen molar-refractivity contribution in [3.05, 3.63) is 0 Å². The Labute approximate surface area is 109 Å². The zero-order valence-corrected chi connectivity index (χ0v) is 9.61. The maximum absolute atomic E-state index is 5.14. The van der Waals surface area contributed by atoms with Crippen molar-refractivity contribution < 1.29 is 0 Å². The zero-order valence-electron chi connectivity index (χ0n) is 5.99. The standard InChI is InChI=1S/C3H6N6.Ca.Mg/c4-1-7-2(5)9-3(6)8-1;;/h(H6,4,5,6,7,8,9);;. The van der Waals surface area contributed by atoms with Crippen LogP contribution in [0.4, 0.5) is 17.8 Å². The Bertz CT molecular complexity index is 179. The summed E-state index contributed by atoms with van der Waals surface area (Å²) in [5, 5.41) is 0. The van der Waals surface area contributed by atoms with Crippen molar-refractivity contribution in [2.45, 2.75) is 0 Å². The number of hydrogen-bond acceptors (Lipinski definition) is 6. The number of anilines is 3. The van der Waals surface area contributed by atoms with Crippen LogP contribution in [0.25, 0.3) is 0 Å². The van der Waals surface area contributed by atoms with E-state index in [1.807, 2.05) is 0 Å². The molecular formula is C3H6CaMgN6. The molecule has 0 unspecified atom stereocenters. The first-order valence-corrected chi connectivity index (χ1v) is 2.21. The van der Waals surface area contributed by atoms with Crippen molar-refractivity contribution in [3.8, 4) is 0 Å². The molecule has 6 nitrogen and oxygen atoms in total. The number of hydrogen-bond donors (Lipinski definition) is 3. The molecule has 0 spiro atoms. The Morgan fingerprint density at radius 3 is 1.09 bits per heavy atom. The van der Waals surface area contributed by atoms with Gasteiger partial charge >= 0.3 is 0 Å². The molecular weight excluding hydrogens is 184 g/mol. The fourth-order valence-electron chi connectivity index (χ4n) is 0.427. The molecule has 0 aromatic carbocycles. The van der Waals surface area contributed by atoms with Gasteiger partial charge in [0.15, 0.2) is 0 Å². The van der Waals surface area contributed by atoms with Gasteiger partial charge in [-0.15, -0.1) is 0 Å². The second-order valence-corrected chi connectivity index (χ2v) is 1.41. The SMILES string of the molecule is Nc1nc(N)nc(N)n1.[Ca].[Mg]. The summed E-state index contributed by atoms with van der Waals surface area (Å²) in [6.07, 6.45) is 0. The van der Waals surface area contributed by atoms with Gasteiger partial charge in [0.25, 0.3) is 0 Å². The van der Waals surface area contributed by atoms with Crippen LogP contribution in [0.5, 0.6) is 0 Å². The Kier molecular flexibility index (Phi) is 7.64. The van der Waals surface area contributed by atoms with E-state index in [9.17, 15) is 0 Å². The molecule has 0 aliphatic carbocycles. The van der Waals surface area contributed by atoms with Gasteiger partial charge in [0.1, 0.15) is 0 Å². The number of rotatable bonds is 0. The molecule has 0 saturated carbocycles. The van der Waals surface area contributed by atoms with Crippen LogP contribution in [0.1, 0.15) is 0 Å². The summed E-state index contributed by atoms with van der Waals surface area (Å²) in [4.78, 5) is 10.5. The predicted octanol–water partition coefficient (Wildman–Crippen LogP) is -2.14. The molecule has 0 aliphatic heterocycles. The Balaban J connectivity index is 0. The Morgan fingerprint density at radius 1 is 0.727 bits per heavy atom. The topological polar surface area (TPSA) is 117 Å². The first-order chi connectivity index (χ1) is 4.18. The van der Waals surface area contributed by atoms with Crippen LogP contribution in [0, 0.1) is 0 Å². The average molecular weight is 191 g/mol. The summed E-state index contributed by atoms with van der Waals surface area (Å²) in [6.45, 7) is 0. The predicted molar refractivity (Wildman–Crippen MR) is 44.6 cm³/mol. The molecule has 0 aliphatic rings. The fraction of sp³-hybridized carbons (Fsp3) is 0. The summed E-state index contributed by atoms with van der Waals surface area (Å²) < 4.78 is 0. The molecule has 1 aromatic rings. The van der Waals surface area contributed by atoms with Crippen molar-refractivity contribution in [2.24, 2.45) is 0 Å². The van der Waals surface area contributed by atoms with Crippen LogP contribution in [0.3, 0.4) is 0 Å². The van der Waals surface area contributed by atoms with Crippen LogP contribution >= 0.6 is 0 Å². The summed E-state index contributed by atoms with van der Waals surface area (Å²) >= 11 is 0. The molecule has 4 radical (unpaired) electrons. The van der Waals surface area contributed by atoms with Gasteiger partial charge in [-0.1, -0.05) is 0 Å². The molecule has 1 rings (SSSR count). The van der Waals surface area contributed by atoms with E-state index < -0.39 is 0 Å². The van der Waals surface area contributed by atoms with E-state index in [0.29, 0.717) is 0 Å². The van der Waals surface area contributed by atoms with E-state index in [4.69, 9.17) is 17.2 Å². The van der Waals surface area contributed by atoms with Crippen LogP contribution in [-0.2, 0) is 0 Å². The molecule has 0 fully saturated rings. The van der Waals surface area contributed by atoms with Gasteiger partial charge in [0, 0.05) is 60.8 Å². The van der Waals surface area contributed by atoms with E-state index in [0.717, 1.165) is 0 Å². The minimum Gasteiger partial charge on any atom is -0.368 e. The Hall–Kier alpha value is 0.436. The smallest absolute Gasteiger partial charge is 0.226 e. The molecule has 0 bridgehead atoms. The number of aromatic nitrogens is 3. The van der Waals surface area contributed by atoms with E-state index >= 15 is 0 Å². The molecule has 8 heteroatoms. The van der Waals surface area contributed by atoms with Crippen LogP contribution in [0.2, 0.25) is 0 Å². The minimum absolute atomic E-state index is 0. The minimum atomic E-state index is 0. The second-order valence-electron chi connectivity index (χ2n) is 1.41. The fourth-order valence-corrected chi connectivity index (χ4v) is 0.427.